The zero-order valence-corrected chi connectivity index (χ0v) is 13.3. The first kappa shape index (κ1) is 15.3. The van der Waals surface area contributed by atoms with Crippen molar-refractivity contribution >= 4 is 9.84 Å². The summed E-state index contributed by atoms with van der Waals surface area (Å²) in [4.78, 5) is 0.291. The first-order chi connectivity index (χ1) is 11.0. The summed E-state index contributed by atoms with van der Waals surface area (Å²) in [7, 11) is -3.27. The fourth-order valence-corrected chi connectivity index (χ4v) is 3.16. The summed E-state index contributed by atoms with van der Waals surface area (Å²) in [5, 5.41) is 3.87. The Kier molecular flexibility index (Phi) is 4.16. The molecule has 0 unspecified atom stereocenters. The Hall–Kier alpha value is -2.60. The smallest absolute Gasteiger partial charge is 0.175 e. The summed E-state index contributed by atoms with van der Waals surface area (Å²) in [5.74, 6) is 0.653. The number of rotatable bonds is 5. The normalized spacial score (nSPS) is 11.3. The molecule has 0 fully saturated rings. The van der Waals surface area contributed by atoms with E-state index in [2.05, 4.69) is 5.16 Å². The van der Waals surface area contributed by atoms with Gasteiger partial charge in [0.1, 0.15) is 24.3 Å². The van der Waals surface area contributed by atoms with E-state index >= 15 is 0 Å². The zero-order valence-electron chi connectivity index (χ0n) is 12.5. The van der Waals surface area contributed by atoms with E-state index in [-0.39, 0.29) is 6.61 Å². The van der Waals surface area contributed by atoms with E-state index in [0.717, 1.165) is 11.3 Å². The van der Waals surface area contributed by atoms with Crippen LogP contribution in [0.5, 0.6) is 5.75 Å². The number of aromatic nitrogens is 1. The summed E-state index contributed by atoms with van der Waals surface area (Å²) < 4.78 is 34.0. The minimum atomic E-state index is -3.27. The lowest BCUT2D eigenvalue weighted by molar-refractivity contribution is 0.303. The second-order valence-electron chi connectivity index (χ2n) is 5.08. The molecule has 23 heavy (non-hydrogen) atoms. The molecule has 2 aromatic carbocycles. The SMILES string of the molecule is CS(=O)(=O)c1ccccc1COc1ccc(-c2ccon2)cc1. The predicted octanol–water partition coefficient (Wildman–Crippen LogP) is 3.32. The van der Waals surface area contributed by atoms with Gasteiger partial charge in [-0.2, -0.15) is 0 Å². The van der Waals surface area contributed by atoms with Gasteiger partial charge in [-0.05, 0) is 30.3 Å². The van der Waals surface area contributed by atoms with Gasteiger partial charge in [0.2, 0.25) is 0 Å². The number of hydrogen-bond acceptors (Lipinski definition) is 5. The molecule has 0 bridgehead atoms. The molecule has 3 rings (SSSR count). The number of ether oxygens (including phenoxy) is 1. The maximum Gasteiger partial charge on any atom is 0.175 e. The lowest BCUT2D eigenvalue weighted by atomic mass is 10.1. The van der Waals surface area contributed by atoms with Gasteiger partial charge >= 0.3 is 0 Å². The van der Waals surface area contributed by atoms with Gasteiger partial charge in [0, 0.05) is 23.4 Å². The van der Waals surface area contributed by atoms with Crippen molar-refractivity contribution in [2.75, 3.05) is 6.26 Å². The molecule has 5 nitrogen and oxygen atoms in total. The van der Waals surface area contributed by atoms with Crippen LogP contribution < -0.4 is 4.74 Å². The van der Waals surface area contributed by atoms with Gasteiger partial charge in [-0.1, -0.05) is 23.4 Å². The third kappa shape index (κ3) is 3.60. The summed E-state index contributed by atoms with van der Waals surface area (Å²) in [6.45, 7) is 0.187. The van der Waals surface area contributed by atoms with E-state index < -0.39 is 9.84 Å². The van der Waals surface area contributed by atoms with Crippen molar-refractivity contribution in [3.05, 3.63) is 66.4 Å². The lowest BCUT2D eigenvalue weighted by Crippen LogP contribution is -2.05. The molecule has 1 aromatic heterocycles. The highest BCUT2D eigenvalue weighted by Gasteiger charge is 2.12. The Morgan fingerprint density at radius 3 is 2.43 bits per heavy atom. The van der Waals surface area contributed by atoms with Gasteiger partial charge in [0.15, 0.2) is 9.84 Å². The Morgan fingerprint density at radius 1 is 1.04 bits per heavy atom. The fraction of sp³-hybridized carbons (Fsp3) is 0.118. The zero-order chi connectivity index (χ0) is 16.3. The molecular formula is C17H15NO4S. The summed E-state index contributed by atoms with van der Waals surface area (Å²) >= 11 is 0. The highest BCUT2D eigenvalue weighted by Crippen LogP contribution is 2.22. The number of benzene rings is 2. The molecule has 0 saturated carbocycles. The minimum absolute atomic E-state index is 0.187. The van der Waals surface area contributed by atoms with Crippen molar-refractivity contribution < 1.29 is 17.7 Å². The van der Waals surface area contributed by atoms with Gasteiger partial charge in [-0.3, -0.25) is 0 Å². The van der Waals surface area contributed by atoms with E-state index in [1.165, 1.54) is 12.5 Å². The number of nitrogens with zero attached hydrogens (tertiary/aromatic N) is 1. The van der Waals surface area contributed by atoms with Gasteiger partial charge in [-0.15, -0.1) is 0 Å². The van der Waals surface area contributed by atoms with E-state index in [1.807, 2.05) is 24.3 Å². The largest absolute Gasteiger partial charge is 0.489 e. The average molecular weight is 329 g/mol. The fourth-order valence-electron chi connectivity index (χ4n) is 2.23. The second kappa shape index (κ2) is 6.26. The van der Waals surface area contributed by atoms with Gasteiger partial charge in [0.05, 0.1) is 4.90 Å². The lowest BCUT2D eigenvalue weighted by Gasteiger charge is -2.10. The first-order valence-electron chi connectivity index (χ1n) is 6.95. The number of sulfone groups is 1. The van der Waals surface area contributed by atoms with Crippen LogP contribution >= 0.6 is 0 Å². The molecule has 0 saturated heterocycles. The molecule has 118 valence electrons. The standard InChI is InChI=1S/C17H15NO4S/c1-23(19,20)17-5-3-2-4-14(17)12-21-15-8-6-13(7-9-15)16-10-11-22-18-16/h2-11H,12H2,1H3. The molecule has 6 heteroatoms. The molecule has 3 aromatic rings. The highest BCUT2D eigenvalue weighted by atomic mass is 32.2. The van der Waals surface area contributed by atoms with Crippen molar-refractivity contribution in [2.45, 2.75) is 11.5 Å². The monoisotopic (exact) mass is 329 g/mol. The van der Waals surface area contributed by atoms with Crippen LogP contribution in [-0.2, 0) is 16.4 Å². The second-order valence-corrected chi connectivity index (χ2v) is 7.06. The van der Waals surface area contributed by atoms with Crippen LogP contribution in [0.25, 0.3) is 11.3 Å². The summed E-state index contributed by atoms with van der Waals surface area (Å²) in [6, 6.07) is 16.0. The Bertz CT molecular complexity index is 885. The van der Waals surface area contributed by atoms with Crippen LogP contribution in [0.1, 0.15) is 5.56 Å². The molecule has 0 atom stereocenters. The van der Waals surface area contributed by atoms with Crippen LogP contribution in [0.4, 0.5) is 0 Å². The maximum absolute atomic E-state index is 11.8. The van der Waals surface area contributed by atoms with Gasteiger partial charge in [-0.25, -0.2) is 8.42 Å². The molecule has 0 aliphatic heterocycles. The van der Waals surface area contributed by atoms with Crippen LogP contribution in [0.15, 0.2) is 70.3 Å². The third-order valence-electron chi connectivity index (χ3n) is 3.35. The first-order valence-corrected chi connectivity index (χ1v) is 8.85. The summed E-state index contributed by atoms with van der Waals surface area (Å²) in [6.07, 6.45) is 2.71. The van der Waals surface area contributed by atoms with Crippen LogP contribution in [-0.4, -0.2) is 19.8 Å². The van der Waals surface area contributed by atoms with Crippen molar-refractivity contribution in [1.82, 2.24) is 5.16 Å². The molecule has 0 N–H and O–H groups in total. The maximum atomic E-state index is 11.8. The topological polar surface area (TPSA) is 69.4 Å². The van der Waals surface area contributed by atoms with Gasteiger partial charge < -0.3 is 9.26 Å². The Balaban J connectivity index is 1.74. The third-order valence-corrected chi connectivity index (χ3v) is 4.55. The van der Waals surface area contributed by atoms with Gasteiger partial charge in [0.25, 0.3) is 0 Å². The highest BCUT2D eigenvalue weighted by molar-refractivity contribution is 7.90. The molecular weight excluding hydrogens is 314 g/mol. The van der Waals surface area contributed by atoms with E-state index in [9.17, 15) is 8.42 Å². The van der Waals surface area contributed by atoms with E-state index in [0.29, 0.717) is 16.2 Å². The molecule has 0 amide bonds. The molecule has 0 aliphatic rings. The Labute approximate surface area is 134 Å². The average Bonchev–Trinajstić information content (AvgIpc) is 3.07. The van der Waals surface area contributed by atoms with Crippen LogP contribution in [0, 0.1) is 0 Å². The molecule has 1 heterocycles. The summed E-state index contributed by atoms with van der Waals surface area (Å²) in [5.41, 5.74) is 2.30. The van der Waals surface area contributed by atoms with Crippen molar-refractivity contribution in [3.8, 4) is 17.0 Å². The quantitative estimate of drug-likeness (QED) is 0.718. The van der Waals surface area contributed by atoms with Crippen molar-refractivity contribution in [2.24, 2.45) is 0 Å². The number of hydrogen-bond donors (Lipinski definition) is 0. The van der Waals surface area contributed by atoms with Crippen LogP contribution in [0.3, 0.4) is 0 Å². The van der Waals surface area contributed by atoms with Crippen LogP contribution in [0.2, 0.25) is 0 Å². The van der Waals surface area contributed by atoms with Crippen molar-refractivity contribution in [1.29, 1.82) is 0 Å². The molecule has 0 spiro atoms. The predicted molar refractivity (Wildman–Crippen MR) is 85.8 cm³/mol. The minimum Gasteiger partial charge on any atom is -0.489 e. The molecule has 0 radical (unpaired) electrons. The van der Waals surface area contributed by atoms with E-state index in [4.69, 9.17) is 9.26 Å². The Morgan fingerprint density at radius 2 is 1.78 bits per heavy atom. The van der Waals surface area contributed by atoms with Crippen molar-refractivity contribution in [3.63, 3.8) is 0 Å². The van der Waals surface area contributed by atoms with E-state index in [1.54, 1.807) is 30.3 Å². The molecule has 0 aliphatic carbocycles.